The van der Waals surface area contributed by atoms with Crippen LogP contribution in [0.4, 0.5) is 0 Å². The number of nitrogens with one attached hydrogen (secondary N) is 2. The second kappa shape index (κ2) is 6.48. The van der Waals surface area contributed by atoms with E-state index < -0.39 is 0 Å². The summed E-state index contributed by atoms with van der Waals surface area (Å²) in [4.78, 5) is 3.92. The van der Waals surface area contributed by atoms with E-state index in [4.69, 9.17) is 5.41 Å². The number of hydrogen-bond acceptors (Lipinski definition) is 3. The largest absolute Gasteiger partial charge is 0.344 e. The summed E-state index contributed by atoms with van der Waals surface area (Å²) in [6.45, 7) is 7.93. The first kappa shape index (κ1) is 14.9. The van der Waals surface area contributed by atoms with Crippen LogP contribution in [0.5, 0.6) is 0 Å². The van der Waals surface area contributed by atoms with Crippen molar-refractivity contribution < 1.29 is 0 Å². The fourth-order valence-electron chi connectivity index (χ4n) is 0.834. The van der Waals surface area contributed by atoms with E-state index in [0.29, 0.717) is 5.96 Å². The van der Waals surface area contributed by atoms with Gasteiger partial charge in [-0.15, -0.1) is 0 Å². The molecule has 0 atom stereocenters. The lowest BCUT2D eigenvalue weighted by atomic mass is 9.99. The van der Waals surface area contributed by atoms with Crippen molar-refractivity contribution in [3.05, 3.63) is 0 Å². The number of guanidine groups is 1. The molecule has 0 aromatic carbocycles. The van der Waals surface area contributed by atoms with E-state index in [1.807, 2.05) is 26.0 Å². The average Bonchev–Trinajstić information content (AvgIpc) is 2.11. The number of hydrazone groups is 1. The Balaban J connectivity index is 3.93. The molecule has 0 spiro atoms. The summed E-state index contributed by atoms with van der Waals surface area (Å²) in [6, 6.07) is 0. The van der Waals surface area contributed by atoms with Crippen LogP contribution in [0.25, 0.3) is 0 Å². The van der Waals surface area contributed by atoms with Crippen molar-refractivity contribution in [3.63, 3.8) is 0 Å². The molecule has 0 radical (unpaired) electrons. The Morgan fingerprint density at radius 3 is 2.25 bits per heavy atom. The van der Waals surface area contributed by atoms with E-state index in [1.54, 1.807) is 6.21 Å². The van der Waals surface area contributed by atoms with E-state index >= 15 is 0 Å². The second-order valence-electron chi connectivity index (χ2n) is 5.31. The highest BCUT2D eigenvalue weighted by atomic mass is 15.4. The fourth-order valence-corrected chi connectivity index (χ4v) is 0.834. The van der Waals surface area contributed by atoms with Gasteiger partial charge in [-0.05, 0) is 19.5 Å². The van der Waals surface area contributed by atoms with E-state index in [0.717, 1.165) is 13.1 Å². The maximum Gasteiger partial charge on any atom is 0.211 e. The molecule has 0 aromatic rings. The van der Waals surface area contributed by atoms with E-state index in [-0.39, 0.29) is 5.41 Å². The molecule has 0 bridgehead atoms. The van der Waals surface area contributed by atoms with E-state index in [1.165, 1.54) is 0 Å². The van der Waals surface area contributed by atoms with Gasteiger partial charge in [0.2, 0.25) is 5.96 Å². The Bertz CT molecular complexity index is 239. The van der Waals surface area contributed by atoms with Crippen molar-refractivity contribution in [2.24, 2.45) is 10.5 Å². The third-order valence-electron chi connectivity index (χ3n) is 1.89. The fraction of sp³-hybridized carbons (Fsp3) is 0.818. The number of hydrogen-bond donors (Lipinski definition) is 2. The minimum absolute atomic E-state index is 0.0372. The van der Waals surface area contributed by atoms with Gasteiger partial charge in [-0.1, -0.05) is 20.8 Å². The Kier molecular flexibility index (Phi) is 6.03. The predicted octanol–water partition coefficient (Wildman–Crippen LogP) is 1.04. The zero-order chi connectivity index (χ0) is 12.8. The molecule has 0 unspecified atom stereocenters. The molecule has 0 aliphatic rings. The first-order chi connectivity index (χ1) is 7.22. The van der Waals surface area contributed by atoms with Crippen LogP contribution in [0, 0.1) is 10.8 Å². The number of nitrogens with zero attached hydrogens (tertiary/aromatic N) is 3. The molecule has 0 amide bonds. The molecule has 0 heterocycles. The van der Waals surface area contributed by atoms with Crippen LogP contribution in [-0.2, 0) is 0 Å². The van der Waals surface area contributed by atoms with Crippen molar-refractivity contribution in [1.82, 2.24) is 15.2 Å². The lowest BCUT2D eigenvalue weighted by molar-refractivity contribution is 0.351. The van der Waals surface area contributed by atoms with Crippen LogP contribution in [0.1, 0.15) is 20.8 Å². The minimum atomic E-state index is 0.0372. The van der Waals surface area contributed by atoms with E-state index in [9.17, 15) is 0 Å². The van der Waals surface area contributed by atoms with Crippen molar-refractivity contribution >= 4 is 12.2 Å². The zero-order valence-electron chi connectivity index (χ0n) is 11.3. The number of rotatable bonds is 4. The van der Waals surface area contributed by atoms with Gasteiger partial charge in [-0.2, -0.15) is 5.10 Å². The van der Waals surface area contributed by atoms with Crippen LogP contribution >= 0.6 is 0 Å². The minimum Gasteiger partial charge on any atom is -0.344 e. The van der Waals surface area contributed by atoms with Crippen molar-refractivity contribution in [2.45, 2.75) is 20.8 Å². The zero-order valence-corrected chi connectivity index (χ0v) is 11.3. The normalized spacial score (nSPS) is 12.2. The highest BCUT2D eigenvalue weighted by molar-refractivity contribution is 5.77. The van der Waals surface area contributed by atoms with Gasteiger partial charge in [0.15, 0.2) is 0 Å². The van der Waals surface area contributed by atoms with Gasteiger partial charge >= 0.3 is 0 Å². The summed E-state index contributed by atoms with van der Waals surface area (Å²) < 4.78 is 0. The Morgan fingerprint density at radius 1 is 1.25 bits per heavy atom. The average molecular weight is 227 g/mol. The molecule has 0 saturated heterocycles. The molecule has 0 aliphatic heterocycles. The van der Waals surface area contributed by atoms with Gasteiger partial charge < -0.3 is 9.80 Å². The van der Waals surface area contributed by atoms with Crippen molar-refractivity contribution in [1.29, 1.82) is 5.41 Å². The van der Waals surface area contributed by atoms with Gasteiger partial charge in [-0.25, -0.2) is 5.43 Å². The molecular formula is C11H25N5. The second-order valence-corrected chi connectivity index (χ2v) is 5.31. The molecule has 16 heavy (non-hydrogen) atoms. The van der Waals surface area contributed by atoms with Gasteiger partial charge in [0.1, 0.15) is 0 Å². The third-order valence-corrected chi connectivity index (χ3v) is 1.89. The summed E-state index contributed by atoms with van der Waals surface area (Å²) in [7, 11) is 5.91. The van der Waals surface area contributed by atoms with Crippen LogP contribution in [0.3, 0.4) is 0 Å². The summed E-state index contributed by atoms with van der Waals surface area (Å²) in [5, 5.41) is 11.8. The van der Waals surface area contributed by atoms with Gasteiger partial charge in [0.05, 0.1) is 0 Å². The maximum atomic E-state index is 7.73. The molecule has 0 aromatic heterocycles. The van der Waals surface area contributed by atoms with Crippen molar-refractivity contribution in [2.75, 3.05) is 34.2 Å². The maximum absolute atomic E-state index is 7.73. The van der Waals surface area contributed by atoms with Crippen molar-refractivity contribution in [3.8, 4) is 0 Å². The smallest absolute Gasteiger partial charge is 0.211 e. The summed E-state index contributed by atoms with van der Waals surface area (Å²) >= 11 is 0. The molecule has 0 saturated carbocycles. The van der Waals surface area contributed by atoms with Crippen LogP contribution in [0.2, 0.25) is 0 Å². The molecule has 0 fully saturated rings. The van der Waals surface area contributed by atoms with Gasteiger partial charge in [0.25, 0.3) is 0 Å². The monoisotopic (exact) mass is 227 g/mol. The molecule has 0 rings (SSSR count). The van der Waals surface area contributed by atoms with E-state index in [2.05, 4.69) is 36.2 Å². The van der Waals surface area contributed by atoms with Crippen LogP contribution in [-0.4, -0.2) is 56.2 Å². The predicted molar refractivity (Wildman–Crippen MR) is 70.0 cm³/mol. The molecule has 5 heteroatoms. The lowest BCUT2D eigenvalue weighted by Crippen LogP contribution is -2.39. The quantitative estimate of drug-likeness (QED) is 0.428. The molecule has 94 valence electrons. The highest BCUT2D eigenvalue weighted by Crippen LogP contribution is 2.07. The standard InChI is InChI=1S/C11H25N5/c1-11(2,3)9-13-14-10(12)16(6)8-7-15(4)5/h9H,7-8H2,1-6H3,(H2,12,14)/b13-9+. The summed E-state index contributed by atoms with van der Waals surface area (Å²) in [5.74, 6) is 0.322. The molecular weight excluding hydrogens is 202 g/mol. The summed E-state index contributed by atoms with van der Waals surface area (Å²) in [6.07, 6.45) is 1.81. The number of likely N-dealkylation sites (N-methyl/N-ethyl adjacent to an activating group) is 2. The Labute approximate surface area is 99.0 Å². The Hall–Kier alpha value is -1.10. The van der Waals surface area contributed by atoms with Gasteiger partial charge in [-0.3, -0.25) is 5.41 Å². The third kappa shape index (κ3) is 8.23. The first-order valence-electron chi connectivity index (χ1n) is 5.47. The topological polar surface area (TPSA) is 54.7 Å². The Morgan fingerprint density at radius 2 is 1.81 bits per heavy atom. The molecule has 2 N–H and O–H groups in total. The SMILES string of the molecule is CN(C)CCN(C)C(=N)N/N=C/C(C)(C)C. The molecule has 0 aliphatic carbocycles. The highest BCUT2D eigenvalue weighted by Gasteiger charge is 2.06. The summed E-state index contributed by atoms with van der Waals surface area (Å²) in [5.41, 5.74) is 2.76. The first-order valence-corrected chi connectivity index (χ1v) is 5.47. The van der Waals surface area contributed by atoms with Gasteiger partial charge in [0, 0.05) is 26.4 Å². The van der Waals surface area contributed by atoms with Crippen LogP contribution in [0.15, 0.2) is 5.10 Å². The van der Waals surface area contributed by atoms with Crippen LogP contribution < -0.4 is 5.43 Å². The molecule has 5 nitrogen and oxygen atoms in total. The lowest BCUT2D eigenvalue weighted by Gasteiger charge is -2.21.